The molecule has 33 heavy (non-hydrogen) atoms. The normalized spacial score (nSPS) is 10.5. The molecule has 0 saturated heterocycles. The highest BCUT2D eigenvalue weighted by Crippen LogP contribution is 2.24. The van der Waals surface area contributed by atoms with Gasteiger partial charge in [-0.25, -0.2) is 9.78 Å². The first-order valence-electron chi connectivity index (χ1n) is 10.3. The van der Waals surface area contributed by atoms with E-state index in [1.807, 2.05) is 48.5 Å². The van der Waals surface area contributed by atoms with Gasteiger partial charge in [0.25, 0.3) is 5.91 Å². The van der Waals surface area contributed by atoms with Gasteiger partial charge in [0.2, 0.25) is 0 Å². The fourth-order valence-electron chi connectivity index (χ4n) is 3.33. The zero-order valence-electron chi connectivity index (χ0n) is 18.3. The first-order valence-corrected chi connectivity index (χ1v) is 10.3. The van der Waals surface area contributed by atoms with Gasteiger partial charge in [-0.2, -0.15) is 0 Å². The van der Waals surface area contributed by atoms with Gasteiger partial charge < -0.3 is 19.8 Å². The summed E-state index contributed by atoms with van der Waals surface area (Å²) in [5.41, 5.74) is 4.72. The Kier molecular flexibility index (Phi) is 6.50. The smallest absolute Gasteiger partial charge is 0.337 e. The summed E-state index contributed by atoms with van der Waals surface area (Å²) in [5, 5.41) is 2.88. The van der Waals surface area contributed by atoms with E-state index in [0.29, 0.717) is 17.7 Å². The van der Waals surface area contributed by atoms with Crippen LogP contribution in [0.25, 0.3) is 22.6 Å². The van der Waals surface area contributed by atoms with Crippen LogP contribution >= 0.6 is 0 Å². The summed E-state index contributed by atoms with van der Waals surface area (Å²) < 4.78 is 9.86. The molecule has 7 nitrogen and oxygen atoms in total. The van der Waals surface area contributed by atoms with Gasteiger partial charge in [-0.3, -0.25) is 4.79 Å². The second kappa shape index (κ2) is 9.82. The number of nitrogens with one attached hydrogen (secondary N) is 2. The third-order valence-electron chi connectivity index (χ3n) is 5.23. The van der Waals surface area contributed by atoms with E-state index in [9.17, 15) is 9.59 Å². The van der Waals surface area contributed by atoms with E-state index in [1.54, 1.807) is 37.6 Å². The molecule has 4 aromatic rings. The molecule has 0 saturated carbocycles. The Labute approximate surface area is 191 Å². The van der Waals surface area contributed by atoms with Crippen molar-refractivity contribution in [2.24, 2.45) is 0 Å². The van der Waals surface area contributed by atoms with Crippen molar-refractivity contribution in [3.05, 3.63) is 95.7 Å². The number of rotatable bonds is 7. The summed E-state index contributed by atoms with van der Waals surface area (Å²) in [6.45, 7) is 0.382. The highest BCUT2D eigenvalue weighted by atomic mass is 16.5. The number of aromatic nitrogens is 2. The number of hydrogen-bond acceptors (Lipinski definition) is 5. The maximum atomic E-state index is 12.4. The van der Waals surface area contributed by atoms with Crippen LogP contribution in [0.2, 0.25) is 0 Å². The molecule has 0 fully saturated rings. The van der Waals surface area contributed by atoms with Crippen LogP contribution in [-0.2, 0) is 11.3 Å². The molecule has 4 rings (SSSR count). The number of H-pyrrole nitrogens is 1. The molecule has 0 unspecified atom stereocenters. The van der Waals surface area contributed by atoms with Crippen molar-refractivity contribution in [2.75, 3.05) is 14.2 Å². The maximum absolute atomic E-state index is 12.4. The van der Waals surface area contributed by atoms with Crippen LogP contribution in [-0.4, -0.2) is 36.1 Å². The van der Waals surface area contributed by atoms with E-state index >= 15 is 0 Å². The number of esters is 1. The fraction of sp³-hybridized carbons (Fsp3) is 0.115. The minimum Gasteiger partial charge on any atom is -0.497 e. The van der Waals surface area contributed by atoms with Crippen LogP contribution in [0, 0.1) is 0 Å². The summed E-state index contributed by atoms with van der Waals surface area (Å²) in [4.78, 5) is 31.7. The Morgan fingerprint density at radius 2 is 1.48 bits per heavy atom. The van der Waals surface area contributed by atoms with Gasteiger partial charge in [-0.15, -0.1) is 0 Å². The van der Waals surface area contributed by atoms with Gasteiger partial charge >= 0.3 is 5.97 Å². The molecule has 166 valence electrons. The monoisotopic (exact) mass is 441 g/mol. The molecular weight excluding hydrogens is 418 g/mol. The van der Waals surface area contributed by atoms with E-state index in [4.69, 9.17) is 4.74 Å². The molecule has 0 bridgehead atoms. The molecule has 0 aliphatic heterocycles. The van der Waals surface area contributed by atoms with Gasteiger partial charge in [0.1, 0.15) is 11.6 Å². The molecule has 7 heteroatoms. The Balaban J connectivity index is 1.37. The minimum atomic E-state index is -0.435. The van der Waals surface area contributed by atoms with E-state index in [1.165, 1.54) is 7.11 Å². The highest BCUT2D eigenvalue weighted by Gasteiger charge is 2.10. The second-order valence-electron chi connectivity index (χ2n) is 7.32. The van der Waals surface area contributed by atoms with Gasteiger partial charge in [0.15, 0.2) is 0 Å². The number of methoxy groups -OCH3 is 2. The van der Waals surface area contributed by atoms with E-state index in [2.05, 4.69) is 20.0 Å². The lowest BCUT2D eigenvalue weighted by molar-refractivity contribution is 0.0600. The SMILES string of the molecule is COC(=O)c1ccc(C(=O)NCc2ccc(-c3ncc(-c4ccc(OC)cc4)[nH]3)cc2)cc1. The lowest BCUT2D eigenvalue weighted by atomic mass is 10.1. The topological polar surface area (TPSA) is 93.3 Å². The van der Waals surface area contributed by atoms with Crippen LogP contribution in [0.5, 0.6) is 5.75 Å². The number of benzene rings is 3. The Hall–Kier alpha value is -4.39. The first-order chi connectivity index (χ1) is 16.1. The molecule has 2 N–H and O–H groups in total. The Bertz CT molecular complexity index is 1240. The predicted molar refractivity (Wildman–Crippen MR) is 125 cm³/mol. The minimum absolute atomic E-state index is 0.217. The number of carbonyl (C=O) groups excluding carboxylic acids is 2. The highest BCUT2D eigenvalue weighted by molar-refractivity contribution is 5.96. The molecule has 0 spiro atoms. The molecule has 1 heterocycles. The summed E-state index contributed by atoms with van der Waals surface area (Å²) in [7, 11) is 2.96. The van der Waals surface area contributed by atoms with Gasteiger partial charge in [-0.05, 0) is 59.7 Å². The molecule has 1 amide bonds. The van der Waals surface area contributed by atoms with Crippen LogP contribution in [0.15, 0.2) is 79.0 Å². The molecule has 3 aromatic carbocycles. The van der Waals surface area contributed by atoms with Crippen LogP contribution in [0.1, 0.15) is 26.3 Å². The number of amides is 1. The third kappa shape index (κ3) is 5.10. The van der Waals surface area contributed by atoms with Crippen molar-refractivity contribution >= 4 is 11.9 Å². The molecule has 0 aliphatic carbocycles. The number of aromatic amines is 1. The van der Waals surface area contributed by atoms with Crippen LogP contribution in [0.4, 0.5) is 0 Å². The number of carbonyl (C=O) groups is 2. The van der Waals surface area contributed by atoms with Gasteiger partial charge in [0.05, 0.1) is 31.7 Å². The summed E-state index contributed by atoms with van der Waals surface area (Å²) in [6, 6.07) is 21.9. The van der Waals surface area contributed by atoms with Crippen molar-refractivity contribution in [3.8, 4) is 28.4 Å². The number of imidazole rings is 1. The average molecular weight is 441 g/mol. The number of nitrogens with zero attached hydrogens (tertiary/aromatic N) is 1. The zero-order valence-corrected chi connectivity index (χ0v) is 18.3. The van der Waals surface area contributed by atoms with E-state index in [-0.39, 0.29) is 5.91 Å². The quantitative estimate of drug-likeness (QED) is 0.413. The average Bonchev–Trinajstić information content (AvgIpc) is 3.37. The Morgan fingerprint density at radius 1 is 0.848 bits per heavy atom. The molecule has 0 radical (unpaired) electrons. The Morgan fingerprint density at radius 3 is 2.12 bits per heavy atom. The van der Waals surface area contributed by atoms with Crippen molar-refractivity contribution in [1.82, 2.24) is 15.3 Å². The van der Waals surface area contributed by atoms with Crippen LogP contribution in [0.3, 0.4) is 0 Å². The summed E-state index contributed by atoms with van der Waals surface area (Å²) in [5.74, 6) is 0.918. The standard InChI is InChI=1S/C26H23N3O4/c1-32-22-13-11-18(12-14-22)23-16-27-24(29-23)19-5-3-17(4-6-19)15-28-25(30)20-7-9-21(10-8-20)26(31)33-2/h3-14,16H,15H2,1-2H3,(H,27,29)(H,28,30). The molecule has 0 aliphatic rings. The van der Waals surface area contributed by atoms with Crippen molar-refractivity contribution < 1.29 is 19.1 Å². The van der Waals surface area contributed by atoms with Crippen molar-refractivity contribution in [1.29, 1.82) is 0 Å². The van der Waals surface area contributed by atoms with Gasteiger partial charge in [0, 0.05) is 17.7 Å². The van der Waals surface area contributed by atoms with Crippen molar-refractivity contribution in [3.63, 3.8) is 0 Å². The van der Waals surface area contributed by atoms with E-state index < -0.39 is 5.97 Å². The van der Waals surface area contributed by atoms with Crippen LogP contribution < -0.4 is 10.1 Å². The second-order valence-corrected chi connectivity index (χ2v) is 7.32. The lowest BCUT2D eigenvalue weighted by Gasteiger charge is -2.07. The number of ether oxygens (including phenoxy) is 2. The maximum Gasteiger partial charge on any atom is 0.337 e. The lowest BCUT2D eigenvalue weighted by Crippen LogP contribution is -2.22. The molecule has 1 aromatic heterocycles. The van der Waals surface area contributed by atoms with E-state index in [0.717, 1.165) is 34.0 Å². The summed E-state index contributed by atoms with van der Waals surface area (Å²) >= 11 is 0. The molecule has 0 atom stereocenters. The largest absolute Gasteiger partial charge is 0.497 e. The fourth-order valence-corrected chi connectivity index (χ4v) is 3.33. The predicted octanol–water partition coefficient (Wildman–Crippen LogP) is 4.47. The number of hydrogen-bond donors (Lipinski definition) is 2. The van der Waals surface area contributed by atoms with Gasteiger partial charge in [-0.1, -0.05) is 24.3 Å². The third-order valence-corrected chi connectivity index (χ3v) is 5.23. The first kappa shape index (κ1) is 21.8. The molecular formula is C26H23N3O4. The summed E-state index contributed by atoms with van der Waals surface area (Å²) in [6.07, 6.45) is 1.80. The zero-order chi connectivity index (χ0) is 23.2. The van der Waals surface area contributed by atoms with Crippen molar-refractivity contribution in [2.45, 2.75) is 6.54 Å².